The quantitative estimate of drug-likeness (QED) is 0.834. The maximum atomic E-state index is 6.44. The third-order valence-corrected chi connectivity index (χ3v) is 3.90. The largest absolute Gasteiger partial charge is 0.322 e. The van der Waals surface area contributed by atoms with Crippen molar-refractivity contribution in [1.29, 1.82) is 0 Å². The molecule has 0 spiro atoms. The van der Waals surface area contributed by atoms with Gasteiger partial charge in [0.2, 0.25) is 0 Å². The highest BCUT2D eigenvalue weighted by Gasteiger charge is 2.29. The summed E-state index contributed by atoms with van der Waals surface area (Å²) in [6.07, 6.45) is 2.16. The van der Waals surface area contributed by atoms with Crippen LogP contribution in [-0.2, 0) is 6.42 Å². The van der Waals surface area contributed by atoms with Gasteiger partial charge >= 0.3 is 0 Å². The lowest BCUT2D eigenvalue weighted by Gasteiger charge is -2.32. The van der Waals surface area contributed by atoms with E-state index >= 15 is 0 Å². The van der Waals surface area contributed by atoms with Gasteiger partial charge in [0.25, 0.3) is 0 Å². The molecule has 1 aliphatic rings. The summed E-state index contributed by atoms with van der Waals surface area (Å²) in [5.74, 6) is 0. The zero-order chi connectivity index (χ0) is 12.7. The molecule has 2 aromatic rings. The van der Waals surface area contributed by atoms with Gasteiger partial charge in [-0.15, -0.1) is 0 Å². The van der Waals surface area contributed by atoms with Gasteiger partial charge in [0.05, 0.1) is 17.8 Å². The number of fused-ring (bicyclic) bond motifs is 1. The van der Waals surface area contributed by atoms with Gasteiger partial charge in [0, 0.05) is 5.69 Å². The van der Waals surface area contributed by atoms with Crippen molar-refractivity contribution in [2.24, 2.45) is 5.73 Å². The van der Waals surface area contributed by atoms with Crippen LogP contribution in [-0.4, -0.2) is 9.78 Å². The van der Waals surface area contributed by atoms with Crippen LogP contribution >= 0.6 is 0 Å². The number of nitrogens with zero attached hydrogens (tertiary/aromatic N) is 2. The average Bonchev–Trinajstić information content (AvgIpc) is 2.69. The van der Waals surface area contributed by atoms with Gasteiger partial charge in [-0.25, -0.2) is 0 Å². The van der Waals surface area contributed by atoms with E-state index < -0.39 is 0 Å². The number of hydrogen-bond acceptors (Lipinski definition) is 2. The van der Waals surface area contributed by atoms with E-state index in [2.05, 4.69) is 47.0 Å². The second-order valence-electron chi connectivity index (χ2n) is 5.20. The molecular formula is C15H19N3. The standard InChI is InChI=1S/C15H19N3/c1-10-9-11(2)18(17-10)14-8-7-12-5-3-4-6-13(12)15(14)16/h3-6,9,14-15H,7-8,16H2,1-2H3. The van der Waals surface area contributed by atoms with Gasteiger partial charge in [-0.2, -0.15) is 5.10 Å². The molecule has 0 bridgehead atoms. The van der Waals surface area contributed by atoms with Crippen molar-refractivity contribution in [1.82, 2.24) is 9.78 Å². The van der Waals surface area contributed by atoms with Crippen LogP contribution in [0.3, 0.4) is 0 Å². The molecule has 3 heteroatoms. The Labute approximate surface area is 108 Å². The molecular weight excluding hydrogens is 222 g/mol. The van der Waals surface area contributed by atoms with Crippen LogP contribution in [0, 0.1) is 13.8 Å². The fourth-order valence-corrected chi connectivity index (χ4v) is 3.03. The highest BCUT2D eigenvalue weighted by Crippen LogP contribution is 2.36. The third-order valence-electron chi connectivity index (χ3n) is 3.90. The summed E-state index contributed by atoms with van der Waals surface area (Å²) in [5.41, 5.74) is 11.4. The zero-order valence-electron chi connectivity index (χ0n) is 10.9. The lowest BCUT2D eigenvalue weighted by Crippen LogP contribution is -2.30. The summed E-state index contributed by atoms with van der Waals surface area (Å²) in [7, 11) is 0. The van der Waals surface area contributed by atoms with Gasteiger partial charge in [-0.3, -0.25) is 4.68 Å². The fraction of sp³-hybridized carbons (Fsp3) is 0.400. The predicted molar refractivity (Wildman–Crippen MR) is 72.4 cm³/mol. The molecule has 0 saturated heterocycles. The minimum atomic E-state index is 0.0490. The van der Waals surface area contributed by atoms with E-state index in [9.17, 15) is 0 Å². The average molecular weight is 241 g/mol. The molecule has 1 heterocycles. The first-order chi connectivity index (χ1) is 8.66. The van der Waals surface area contributed by atoms with Gasteiger partial charge in [-0.05, 0) is 43.9 Å². The van der Waals surface area contributed by atoms with Crippen LogP contribution < -0.4 is 5.73 Å². The molecule has 2 N–H and O–H groups in total. The molecule has 0 radical (unpaired) electrons. The van der Waals surface area contributed by atoms with E-state index in [1.54, 1.807) is 0 Å². The molecule has 3 rings (SSSR count). The summed E-state index contributed by atoms with van der Waals surface area (Å²) in [6.45, 7) is 4.14. The summed E-state index contributed by atoms with van der Waals surface area (Å²) in [4.78, 5) is 0. The van der Waals surface area contributed by atoms with Crippen LogP contribution in [0.25, 0.3) is 0 Å². The molecule has 0 amide bonds. The highest BCUT2D eigenvalue weighted by atomic mass is 15.3. The van der Waals surface area contributed by atoms with Crippen LogP contribution in [0.4, 0.5) is 0 Å². The number of hydrogen-bond donors (Lipinski definition) is 1. The van der Waals surface area contributed by atoms with Crippen molar-refractivity contribution in [3.05, 3.63) is 52.8 Å². The highest BCUT2D eigenvalue weighted by molar-refractivity contribution is 5.33. The third kappa shape index (κ3) is 1.75. The van der Waals surface area contributed by atoms with Gasteiger partial charge in [0.1, 0.15) is 0 Å². The lowest BCUT2D eigenvalue weighted by molar-refractivity contribution is 0.336. The van der Waals surface area contributed by atoms with Gasteiger partial charge in [0.15, 0.2) is 0 Å². The number of nitrogens with two attached hydrogens (primary N) is 1. The predicted octanol–water partition coefficient (Wildman–Crippen LogP) is 2.69. The minimum absolute atomic E-state index is 0.0490. The molecule has 18 heavy (non-hydrogen) atoms. The summed E-state index contributed by atoms with van der Waals surface area (Å²) < 4.78 is 2.11. The minimum Gasteiger partial charge on any atom is -0.322 e. The molecule has 0 fully saturated rings. The topological polar surface area (TPSA) is 43.8 Å². The monoisotopic (exact) mass is 241 g/mol. The van der Waals surface area contributed by atoms with Crippen molar-refractivity contribution in [3.8, 4) is 0 Å². The smallest absolute Gasteiger partial charge is 0.0718 e. The molecule has 94 valence electrons. The number of rotatable bonds is 1. The number of aryl methyl sites for hydroxylation is 3. The second kappa shape index (κ2) is 4.25. The lowest BCUT2D eigenvalue weighted by atomic mass is 9.84. The maximum absolute atomic E-state index is 6.44. The van der Waals surface area contributed by atoms with E-state index in [1.165, 1.54) is 16.8 Å². The fourth-order valence-electron chi connectivity index (χ4n) is 3.03. The molecule has 1 aromatic carbocycles. The SMILES string of the molecule is Cc1cc(C)n(C2CCc3ccccc3C2N)n1. The molecule has 3 nitrogen and oxygen atoms in total. The number of aromatic nitrogens is 2. The van der Waals surface area contributed by atoms with Crippen LogP contribution in [0.1, 0.15) is 41.0 Å². The molecule has 2 atom stereocenters. The van der Waals surface area contributed by atoms with Gasteiger partial charge in [-0.1, -0.05) is 24.3 Å². The zero-order valence-corrected chi connectivity index (χ0v) is 10.9. The summed E-state index contributed by atoms with van der Waals surface area (Å²) >= 11 is 0. The van der Waals surface area contributed by atoms with Crippen molar-refractivity contribution in [2.45, 2.75) is 38.8 Å². The Morgan fingerprint density at radius 1 is 1.28 bits per heavy atom. The Bertz CT molecular complexity index is 571. The van der Waals surface area contributed by atoms with E-state index in [-0.39, 0.29) is 12.1 Å². The molecule has 0 saturated carbocycles. The summed E-state index contributed by atoms with van der Waals surface area (Å²) in [5, 5.41) is 4.59. The Morgan fingerprint density at radius 3 is 2.78 bits per heavy atom. The van der Waals surface area contributed by atoms with E-state index in [4.69, 9.17) is 5.73 Å². The van der Waals surface area contributed by atoms with E-state index in [1.807, 2.05) is 6.92 Å². The van der Waals surface area contributed by atoms with Crippen molar-refractivity contribution >= 4 is 0 Å². The van der Waals surface area contributed by atoms with Gasteiger partial charge < -0.3 is 5.73 Å². The maximum Gasteiger partial charge on any atom is 0.0718 e. The van der Waals surface area contributed by atoms with Crippen LogP contribution in [0.2, 0.25) is 0 Å². The Morgan fingerprint density at radius 2 is 2.06 bits per heavy atom. The van der Waals surface area contributed by atoms with E-state index in [0.717, 1.165) is 18.5 Å². The Hall–Kier alpha value is -1.61. The Kier molecular flexibility index (Phi) is 2.71. The first kappa shape index (κ1) is 11.5. The molecule has 1 aromatic heterocycles. The summed E-state index contributed by atoms with van der Waals surface area (Å²) in [6, 6.07) is 11.0. The second-order valence-corrected chi connectivity index (χ2v) is 5.20. The van der Waals surface area contributed by atoms with Crippen molar-refractivity contribution in [3.63, 3.8) is 0 Å². The molecule has 0 aliphatic heterocycles. The number of benzene rings is 1. The van der Waals surface area contributed by atoms with Crippen molar-refractivity contribution < 1.29 is 0 Å². The van der Waals surface area contributed by atoms with Crippen molar-refractivity contribution in [2.75, 3.05) is 0 Å². The van der Waals surface area contributed by atoms with Crippen LogP contribution in [0.15, 0.2) is 30.3 Å². The first-order valence-corrected chi connectivity index (χ1v) is 6.53. The Balaban J connectivity index is 2.00. The molecule has 2 unspecified atom stereocenters. The molecule has 1 aliphatic carbocycles. The normalized spacial score (nSPS) is 22.8. The first-order valence-electron chi connectivity index (χ1n) is 6.53. The van der Waals surface area contributed by atoms with Crippen LogP contribution in [0.5, 0.6) is 0 Å². The van der Waals surface area contributed by atoms with E-state index in [0.29, 0.717) is 0 Å².